The molecular weight excluding hydrogens is 591 g/mol. The Labute approximate surface area is 242 Å². The van der Waals surface area contributed by atoms with Crippen molar-refractivity contribution in [3.63, 3.8) is 0 Å². The number of aromatic amines is 1. The lowest BCUT2D eigenvalue weighted by Gasteiger charge is -2.46. The molecule has 2 fully saturated rings. The summed E-state index contributed by atoms with van der Waals surface area (Å²) in [4.78, 5) is 27.1. The first-order valence-electron chi connectivity index (χ1n) is 14.0. The van der Waals surface area contributed by atoms with Gasteiger partial charge in [0, 0.05) is 11.8 Å². The Hall–Kier alpha value is -1.64. The monoisotopic (exact) mass is 633 g/mol. The van der Waals surface area contributed by atoms with E-state index < -0.39 is 68.6 Å². The number of aliphatic hydroxyl groups is 1. The van der Waals surface area contributed by atoms with Crippen LogP contribution in [0.3, 0.4) is 0 Å². The molecule has 13 nitrogen and oxygen atoms in total. The molecule has 0 radical (unpaired) electrons. The molecule has 1 unspecified atom stereocenters. The van der Waals surface area contributed by atoms with Gasteiger partial charge in [0.25, 0.3) is 15.7 Å². The van der Waals surface area contributed by atoms with Crippen LogP contribution in [-0.4, -0.2) is 70.7 Å². The van der Waals surface area contributed by atoms with Crippen molar-refractivity contribution in [2.24, 2.45) is 5.73 Å². The molecule has 1 aromatic heterocycles. The number of ether oxygens (including phenoxy) is 1. The third-order valence-electron chi connectivity index (χ3n) is 8.50. The van der Waals surface area contributed by atoms with E-state index in [9.17, 15) is 23.1 Å². The second kappa shape index (κ2) is 10.8. The number of nitrogens with two attached hydrogens (primary N) is 1. The van der Waals surface area contributed by atoms with E-state index >= 15 is 0 Å². The molecule has 3 aliphatic rings. The molecule has 0 aromatic carbocycles. The Morgan fingerprint density at radius 2 is 1.61 bits per heavy atom. The van der Waals surface area contributed by atoms with E-state index in [1.807, 2.05) is 27.7 Å². The Morgan fingerprint density at radius 1 is 1.05 bits per heavy atom. The summed E-state index contributed by atoms with van der Waals surface area (Å²) in [7, 11) is -10.4. The largest absolute Gasteiger partial charge is 0.414 e. The maximum Gasteiger partial charge on any atom is 0.335 e. The van der Waals surface area contributed by atoms with Crippen molar-refractivity contribution in [2.75, 3.05) is 6.61 Å². The molecule has 4 heterocycles. The second-order valence-electron chi connectivity index (χ2n) is 12.4. The van der Waals surface area contributed by atoms with E-state index in [0.717, 1.165) is 9.98 Å². The van der Waals surface area contributed by atoms with Crippen LogP contribution in [0.5, 0.6) is 0 Å². The summed E-state index contributed by atoms with van der Waals surface area (Å²) in [5.41, 5.74) is 2.64. The molecule has 3 aliphatic heterocycles. The van der Waals surface area contributed by atoms with Crippen LogP contribution >= 0.6 is 0 Å². The number of hydrogen-bond donors (Lipinski definition) is 3. The zero-order valence-electron chi connectivity index (χ0n) is 25.0. The molecule has 4 rings (SSSR count). The molecule has 0 bridgehead atoms. The van der Waals surface area contributed by atoms with E-state index in [1.165, 1.54) is 13.1 Å². The van der Waals surface area contributed by atoms with Crippen molar-refractivity contribution in [3.8, 4) is 0 Å². The molecule has 0 aliphatic carbocycles. The molecule has 4 N–H and O–H groups in total. The normalized spacial score (nSPS) is 32.8. The fourth-order valence-electron chi connectivity index (χ4n) is 6.35. The zero-order chi connectivity index (χ0) is 30.9. The van der Waals surface area contributed by atoms with Gasteiger partial charge in [-0.2, -0.15) is 8.42 Å². The van der Waals surface area contributed by atoms with E-state index in [1.54, 1.807) is 0 Å². The fourth-order valence-corrected chi connectivity index (χ4v) is 18.7. The van der Waals surface area contributed by atoms with Crippen molar-refractivity contribution in [1.82, 2.24) is 9.55 Å². The van der Waals surface area contributed by atoms with Gasteiger partial charge in [0.1, 0.15) is 12.2 Å². The van der Waals surface area contributed by atoms with Crippen LogP contribution in [0.4, 0.5) is 0 Å². The van der Waals surface area contributed by atoms with Gasteiger partial charge in [-0.05, 0) is 29.1 Å². The summed E-state index contributed by atoms with van der Waals surface area (Å²) in [6, 6.07) is 0. The fraction of sp³-hybridized carbons (Fsp3) is 0.760. The number of H-pyrrole nitrogens is 1. The summed E-state index contributed by atoms with van der Waals surface area (Å²) in [5.74, 6) is 0. The summed E-state index contributed by atoms with van der Waals surface area (Å²) in [6.45, 7) is 17.8. The van der Waals surface area contributed by atoms with Crippen LogP contribution in [0.1, 0.15) is 67.2 Å². The highest BCUT2D eigenvalue weighted by atomic mass is 32.2. The van der Waals surface area contributed by atoms with Crippen LogP contribution in [-0.2, 0) is 32.0 Å². The minimum absolute atomic E-state index is 0.0419. The smallest absolute Gasteiger partial charge is 0.335 e. The van der Waals surface area contributed by atoms with Gasteiger partial charge in [0.2, 0.25) is 0 Å². The molecule has 1 aromatic rings. The Kier molecular flexibility index (Phi) is 8.52. The summed E-state index contributed by atoms with van der Waals surface area (Å²) in [6.07, 6.45) is -4.32. The lowest BCUT2D eigenvalue weighted by molar-refractivity contribution is -0.101. The highest BCUT2D eigenvalue weighted by Gasteiger charge is 2.69. The standard InChI is InChI=1S/C25H43N3O10SSi2/c1-13(2)40(14(3)4)34-11-18(36-41(38-40,15(5)6)16(7)8)21-25(19(26)12-39(32,33)37-25)20(29)23(35-21)28-10-17(9)22(30)27-24(28)31/h10,12-16,18,20-21,23,29H,11,26H2,1-9H3,(H,27,30,31)/t18-,20+,21-,23-,25?/m1/s1. The quantitative estimate of drug-likeness (QED) is 0.308. The predicted octanol–water partition coefficient (Wildman–Crippen LogP) is 1.96. The summed E-state index contributed by atoms with van der Waals surface area (Å²) in [5, 5.41) is 12.4. The van der Waals surface area contributed by atoms with Gasteiger partial charge in [0.05, 0.1) is 23.8 Å². The number of aryl methyl sites for hydroxylation is 1. The average molecular weight is 634 g/mol. The maximum atomic E-state index is 12.8. The second-order valence-corrected chi connectivity index (χ2v) is 22.7. The Balaban J connectivity index is 1.91. The third-order valence-corrected chi connectivity index (χ3v) is 19.8. The molecule has 0 amide bonds. The molecular formula is C25H43N3O10SSi2. The molecule has 41 heavy (non-hydrogen) atoms. The number of aromatic nitrogens is 2. The van der Waals surface area contributed by atoms with Crippen molar-refractivity contribution < 1.29 is 35.4 Å². The van der Waals surface area contributed by atoms with Crippen LogP contribution in [0, 0.1) is 6.92 Å². The lowest BCUT2D eigenvalue weighted by Crippen LogP contribution is -2.61. The molecule has 16 heteroatoms. The van der Waals surface area contributed by atoms with Gasteiger partial charge in [0.15, 0.2) is 11.8 Å². The number of aliphatic hydroxyl groups excluding tert-OH is 1. The highest BCUT2D eigenvalue weighted by Crippen LogP contribution is 2.52. The Bertz CT molecular complexity index is 1410. The van der Waals surface area contributed by atoms with Crippen molar-refractivity contribution in [2.45, 2.75) is 115 Å². The molecule has 2 saturated heterocycles. The molecule has 232 valence electrons. The first-order chi connectivity index (χ1) is 18.8. The van der Waals surface area contributed by atoms with Gasteiger partial charge >= 0.3 is 22.8 Å². The van der Waals surface area contributed by atoms with Gasteiger partial charge in [-0.1, -0.05) is 55.4 Å². The van der Waals surface area contributed by atoms with Crippen molar-refractivity contribution >= 4 is 27.2 Å². The highest BCUT2D eigenvalue weighted by molar-refractivity contribution is 7.90. The van der Waals surface area contributed by atoms with Crippen LogP contribution in [0.15, 0.2) is 26.9 Å². The van der Waals surface area contributed by atoms with Gasteiger partial charge in [-0.25, -0.2) is 8.98 Å². The number of nitrogens with one attached hydrogen (secondary N) is 1. The predicted molar refractivity (Wildman–Crippen MR) is 155 cm³/mol. The van der Waals surface area contributed by atoms with E-state index in [4.69, 9.17) is 27.6 Å². The first-order valence-corrected chi connectivity index (χ1v) is 19.4. The number of hydrogen-bond acceptors (Lipinski definition) is 11. The molecule has 0 saturated carbocycles. The minimum Gasteiger partial charge on any atom is -0.414 e. The molecule has 1 spiro atoms. The maximum absolute atomic E-state index is 12.8. The molecule has 5 atom stereocenters. The third kappa shape index (κ3) is 5.04. The average Bonchev–Trinajstić information content (AvgIpc) is 3.17. The SMILES string of the molecule is Cc1cn([C@@H]2O[C@H]([C@H]3CO[Si](C(C)C)(C(C)C)O[Si](C(C)C)(C(C)C)O3)C3(OS(=O)(=O)C=C3N)[C@H]2O)c(=O)[nH]c1=O. The van der Waals surface area contributed by atoms with Crippen molar-refractivity contribution in [1.29, 1.82) is 0 Å². The Morgan fingerprint density at radius 3 is 2.10 bits per heavy atom. The number of rotatable bonds is 6. The lowest BCUT2D eigenvalue weighted by atomic mass is 9.86. The topological polar surface area (TPSA) is 181 Å². The minimum atomic E-state index is -4.32. The first kappa shape index (κ1) is 32.3. The van der Waals surface area contributed by atoms with Gasteiger partial charge < -0.3 is 28.5 Å². The number of nitrogens with zero attached hydrogens (tertiary/aromatic N) is 1. The van der Waals surface area contributed by atoms with Gasteiger partial charge in [-0.3, -0.25) is 14.3 Å². The van der Waals surface area contributed by atoms with E-state index in [0.29, 0.717) is 0 Å². The zero-order valence-corrected chi connectivity index (χ0v) is 27.9. The summed E-state index contributed by atoms with van der Waals surface area (Å²) < 4.78 is 59.2. The van der Waals surface area contributed by atoms with Crippen molar-refractivity contribution in [3.05, 3.63) is 43.7 Å². The van der Waals surface area contributed by atoms with Crippen LogP contribution in [0.25, 0.3) is 0 Å². The van der Waals surface area contributed by atoms with E-state index in [-0.39, 0.29) is 40.0 Å². The summed E-state index contributed by atoms with van der Waals surface area (Å²) >= 11 is 0. The van der Waals surface area contributed by atoms with Gasteiger partial charge in [-0.15, -0.1) is 0 Å². The van der Waals surface area contributed by atoms with E-state index in [2.05, 4.69) is 32.7 Å². The van der Waals surface area contributed by atoms with Crippen LogP contribution in [0.2, 0.25) is 22.2 Å². The van der Waals surface area contributed by atoms with Crippen LogP contribution < -0.4 is 17.0 Å².